The van der Waals surface area contributed by atoms with E-state index in [-0.39, 0.29) is 48.9 Å². The molecule has 1 aromatic heterocycles. The second-order valence-corrected chi connectivity index (χ2v) is 16.4. The van der Waals surface area contributed by atoms with E-state index >= 15 is 0 Å². The van der Waals surface area contributed by atoms with Gasteiger partial charge in [-0.2, -0.15) is 4.31 Å². The van der Waals surface area contributed by atoms with E-state index in [1.165, 1.54) is 15.6 Å². The number of ether oxygens (including phenoxy) is 3. The number of aliphatic hydroxyl groups excluding tert-OH is 1. The number of sulfonamides is 1. The maximum Gasteiger partial charge on any atom is 0.306 e. The molecular weight excluding hydrogens is 641 g/mol. The summed E-state index contributed by atoms with van der Waals surface area (Å²) in [5.74, 6) is -0.731. The molecule has 11 nitrogen and oxygen atoms in total. The van der Waals surface area contributed by atoms with Gasteiger partial charge in [-0.3, -0.25) is 4.79 Å². The maximum absolute atomic E-state index is 14.1. The van der Waals surface area contributed by atoms with Crippen molar-refractivity contribution < 1.29 is 32.5 Å². The maximum atomic E-state index is 14.1. The highest BCUT2D eigenvalue weighted by atomic mass is 32.2. The van der Waals surface area contributed by atoms with Gasteiger partial charge >= 0.3 is 5.97 Å². The van der Waals surface area contributed by atoms with Crippen LogP contribution in [0.5, 0.6) is 0 Å². The first-order valence-corrected chi connectivity index (χ1v) is 18.7. The van der Waals surface area contributed by atoms with Crippen LogP contribution in [0.3, 0.4) is 0 Å². The summed E-state index contributed by atoms with van der Waals surface area (Å²) >= 11 is 1.42. The van der Waals surface area contributed by atoms with Gasteiger partial charge < -0.3 is 30.0 Å². The summed E-state index contributed by atoms with van der Waals surface area (Å²) in [6, 6.07) is 14.5. The van der Waals surface area contributed by atoms with Crippen molar-refractivity contribution in [2.24, 2.45) is 23.7 Å². The highest BCUT2D eigenvalue weighted by Gasteiger charge is 2.49. The minimum Gasteiger partial charge on any atom is -0.459 e. The van der Waals surface area contributed by atoms with Crippen molar-refractivity contribution in [2.45, 2.75) is 70.0 Å². The summed E-state index contributed by atoms with van der Waals surface area (Å²) in [6.07, 6.45) is -1.73. The van der Waals surface area contributed by atoms with Crippen LogP contribution in [-0.2, 0) is 35.4 Å². The molecular formula is C34H48N4O7S2. The van der Waals surface area contributed by atoms with Gasteiger partial charge in [0.2, 0.25) is 10.0 Å². The highest BCUT2D eigenvalue weighted by molar-refractivity contribution is 7.89. The van der Waals surface area contributed by atoms with Crippen molar-refractivity contribution in [3.8, 4) is 0 Å². The van der Waals surface area contributed by atoms with Crippen molar-refractivity contribution in [2.75, 3.05) is 45.2 Å². The number of aliphatic hydroxyl groups is 1. The molecule has 3 aromatic rings. The van der Waals surface area contributed by atoms with Crippen LogP contribution in [-0.4, -0.2) is 93.2 Å². The molecule has 47 heavy (non-hydrogen) atoms. The number of nitrogens with zero attached hydrogens (tertiary/aromatic N) is 2. The Kier molecular flexibility index (Phi) is 11.9. The van der Waals surface area contributed by atoms with Gasteiger partial charge in [-0.05, 0) is 49.1 Å². The molecule has 2 saturated heterocycles. The minimum absolute atomic E-state index is 0.00227. The summed E-state index contributed by atoms with van der Waals surface area (Å²) in [5.41, 5.74) is 1.66. The first-order chi connectivity index (χ1) is 22.4. The number of fused-ring (bicyclic) bond motifs is 2. The topological polar surface area (TPSA) is 139 Å². The second kappa shape index (κ2) is 15.7. The van der Waals surface area contributed by atoms with E-state index in [0.717, 1.165) is 27.5 Å². The zero-order chi connectivity index (χ0) is 33.7. The van der Waals surface area contributed by atoms with Gasteiger partial charge in [0.15, 0.2) is 11.4 Å². The molecule has 0 radical (unpaired) electrons. The first-order valence-electron chi connectivity index (χ1n) is 16.4. The summed E-state index contributed by atoms with van der Waals surface area (Å²) in [4.78, 5) is 18.1. The standard InChI is InChI=1S/C34H48N4O7S2/c1-21(2)16-36-34-37-26-12-11-25(15-30(26)46-34)47(41,42)38(17-22(3)4)18-28(39)24(13-23-9-7-6-8-10-23)14-31(40)45-29-20-44-33-32(29)27(35-5)19-43-33/h6-12,15,21-22,24,27-29,32-33,35,39H,13-14,16-20H2,1-5H3,(H,36,37)/t24-,27+,28-,29+,32+,33-/m1/s1. The Morgan fingerprint density at radius 1 is 1.09 bits per heavy atom. The lowest BCUT2D eigenvalue weighted by Crippen LogP contribution is -2.44. The number of hydrogen-bond acceptors (Lipinski definition) is 11. The van der Waals surface area contributed by atoms with E-state index in [1.807, 2.05) is 51.2 Å². The third-order valence-electron chi connectivity index (χ3n) is 8.66. The average molecular weight is 689 g/mol. The zero-order valence-electron chi connectivity index (χ0n) is 27.8. The molecule has 5 rings (SSSR count). The monoisotopic (exact) mass is 688 g/mol. The Bertz CT molecular complexity index is 1580. The SMILES string of the molecule is CN[C@H]1CO[C@@H]2OC[C@H](OC(=O)C[C@@H](Cc3ccccc3)[C@H](O)CN(CC(C)C)S(=O)(=O)c3ccc4nc(NCC(C)C)sc4c3)[C@@H]21. The van der Waals surface area contributed by atoms with Crippen molar-refractivity contribution in [1.82, 2.24) is 14.6 Å². The molecule has 6 atom stereocenters. The molecule has 0 saturated carbocycles. The van der Waals surface area contributed by atoms with Crippen LogP contribution in [0.2, 0.25) is 0 Å². The molecule has 0 aliphatic carbocycles. The molecule has 3 heterocycles. The Labute approximate surface area is 282 Å². The quantitative estimate of drug-likeness (QED) is 0.188. The fourth-order valence-corrected chi connectivity index (χ4v) is 8.84. The van der Waals surface area contributed by atoms with Gasteiger partial charge in [-0.25, -0.2) is 13.4 Å². The lowest BCUT2D eigenvalue weighted by molar-refractivity contribution is -0.153. The van der Waals surface area contributed by atoms with E-state index in [0.29, 0.717) is 18.9 Å². The Hall–Kier alpha value is -2.65. The molecule has 2 aliphatic rings. The largest absolute Gasteiger partial charge is 0.459 e. The zero-order valence-corrected chi connectivity index (χ0v) is 29.4. The summed E-state index contributed by atoms with van der Waals surface area (Å²) in [6.45, 7) is 9.62. The number of carbonyl (C=O) groups is 1. The number of benzene rings is 2. The number of likely N-dealkylation sites (N-methyl/N-ethyl adjacent to an activating group) is 1. The Morgan fingerprint density at radius 3 is 2.53 bits per heavy atom. The van der Waals surface area contributed by atoms with Gasteiger partial charge in [0, 0.05) is 31.6 Å². The Morgan fingerprint density at radius 2 is 1.83 bits per heavy atom. The van der Waals surface area contributed by atoms with Crippen LogP contribution >= 0.6 is 11.3 Å². The number of esters is 1. The molecule has 3 N–H and O–H groups in total. The first kappa shape index (κ1) is 35.7. The molecule has 2 fully saturated rings. The predicted molar refractivity (Wildman–Crippen MR) is 183 cm³/mol. The number of hydrogen-bond donors (Lipinski definition) is 3. The van der Waals surface area contributed by atoms with Gasteiger partial charge in [0.1, 0.15) is 6.10 Å². The van der Waals surface area contributed by atoms with E-state index in [1.54, 1.807) is 18.2 Å². The number of thiazole rings is 1. The number of rotatable bonds is 16. The highest BCUT2D eigenvalue weighted by Crippen LogP contribution is 2.34. The van der Waals surface area contributed by atoms with Crippen LogP contribution in [0, 0.1) is 23.7 Å². The molecule has 2 aliphatic heterocycles. The van der Waals surface area contributed by atoms with E-state index in [2.05, 4.69) is 29.5 Å². The van der Waals surface area contributed by atoms with E-state index in [9.17, 15) is 18.3 Å². The number of anilines is 1. The molecule has 13 heteroatoms. The number of nitrogens with one attached hydrogen (secondary N) is 2. The summed E-state index contributed by atoms with van der Waals surface area (Å²) in [7, 11) is -2.15. The van der Waals surface area contributed by atoms with Crippen LogP contribution in [0.25, 0.3) is 10.2 Å². The molecule has 0 unspecified atom stereocenters. The molecule has 0 bridgehead atoms. The average Bonchev–Trinajstić information content (AvgIpc) is 3.75. The van der Waals surface area contributed by atoms with Crippen molar-refractivity contribution in [1.29, 1.82) is 0 Å². The van der Waals surface area contributed by atoms with Crippen LogP contribution < -0.4 is 10.6 Å². The van der Waals surface area contributed by atoms with Crippen molar-refractivity contribution in [3.05, 3.63) is 54.1 Å². The van der Waals surface area contributed by atoms with Gasteiger partial charge in [0.25, 0.3) is 0 Å². The van der Waals surface area contributed by atoms with Crippen molar-refractivity contribution >= 4 is 42.7 Å². The van der Waals surface area contributed by atoms with Crippen LogP contribution in [0.15, 0.2) is 53.4 Å². The van der Waals surface area contributed by atoms with Gasteiger partial charge in [-0.1, -0.05) is 69.4 Å². The van der Waals surface area contributed by atoms with Gasteiger partial charge in [0.05, 0.1) is 46.8 Å². The van der Waals surface area contributed by atoms with Gasteiger partial charge in [-0.15, -0.1) is 0 Å². The fraction of sp³-hybridized carbons (Fsp3) is 0.588. The summed E-state index contributed by atoms with van der Waals surface area (Å²) in [5, 5.41) is 19.0. The predicted octanol–water partition coefficient (Wildman–Crippen LogP) is 4.12. The number of carbonyl (C=O) groups excluding carboxylic acids is 1. The third kappa shape index (κ3) is 8.88. The summed E-state index contributed by atoms with van der Waals surface area (Å²) < 4.78 is 47.7. The molecule has 2 aromatic carbocycles. The normalized spacial score (nSPS) is 22.7. The lowest BCUT2D eigenvalue weighted by Gasteiger charge is -2.30. The Balaban J connectivity index is 1.34. The van der Waals surface area contributed by atoms with E-state index in [4.69, 9.17) is 14.2 Å². The minimum atomic E-state index is -3.99. The second-order valence-electron chi connectivity index (χ2n) is 13.4. The van der Waals surface area contributed by atoms with Crippen molar-refractivity contribution in [3.63, 3.8) is 0 Å². The van der Waals surface area contributed by atoms with Crippen LogP contribution in [0.4, 0.5) is 5.13 Å². The van der Waals surface area contributed by atoms with Crippen LogP contribution in [0.1, 0.15) is 39.7 Å². The third-order valence-corrected chi connectivity index (χ3v) is 11.5. The smallest absolute Gasteiger partial charge is 0.306 e. The molecule has 0 spiro atoms. The fourth-order valence-electron chi connectivity index (χ4n) is 6.20. The lowest BCUT2D eigenvalue weighted by atomic mass is 9.90. The molecule has 0 amide bonds. The molecule has 258 valence electrons. The number of aromatic nitrogens is 1. The van der Waals surface area contributed by atoms with E-state index < -0.39 is 40.4 Å².